The van der Waals surface area contributed by atoms with E-state index in [1.807, 2.05) is 0 Å². The molecular weight excluding hydrogens is 325 g/mol. The molecule has 0 saturated carbocycles. The molecule has 24 heavy (non-hydrogen) atoms. The zero-order chi connectivity index (χ0) is 17.6. The van der Waals surface area contributed by atoms with Crippen molar-refractivity contribution in [1.82, 2.24) is 4.90 Å². The second-order valence-electron chi connectivity index (χ2n) is 5.65. The van der Waals surface area contributed by atoms with E-state index in [2.05, 4.69) is 10.1 Å². The van der Waals surface area contributed by atoms with Crippen molar-refractivity contribution in [2.24, 2.45) is 0 Å². The number of hydrogen-bond donors (Lipinski definition) is 1. The number of nitrogens with zero attached hydrogens (tertiary/aromatic N) is 1. The van der Waals surface area contributed by atoms with E-state index < -0.39 is 18.4 Å². The molecule has 8 heteroatoms. The topological polar surface area (TPSA) is 50.8 Å². The first-order valence-electron chi connectivity index (χ1n) is 7.79. The maximum absolute atomic E-state index is 13.1. The van der Waals surface area contributed by atoms with Crippen LogP contribution in [-0.2, 0) is 4.74 Å². The molecule has 1 atom stereocenters. The van der Waals surface area contributed by atoms with Gasteiger partial charge < -0.3 is 9.47 Å². The first-order chi connectivity index (χ1) is 11.4. The molecule has 1 aromatic carbocycles. The summed E-state index contributed by atoms with van der Waals surface area (Å²) in [6.07, 6.45) is -5.13. The molecule has 0 radical (unpaired) electrons. The van der Waals surface area contributed by atoms with E-state index in [0.29, 0.717) is 24.5 Å². The molecule has 1 saturated heterocycles. The van der Waals surface area contributed by atoms with Crippen LogP contribution in [0.15, 0.2) is 24.3 Å². The summed E-state index contributed by atoms with van der Waals surface area (Å²) in [7, 11) is 1.49. The molecule has 2 rings (SSSR count). The van der Waals surface area contributed by atoms with Gasteiger partial charge in [-0.3, -0.25) is 10.2 Å². The van der Waals surface area contributed by atoms with Gasteiger partial charge in [0.1, 0.15) is 5.75 Å². The van der Waals surface area contributed by atoms with Crippen molar-refractivity contribution in [1.29, 1.82) is 0 Å². The highest BCUT2D eigenvalue weighted by Crippen LogP contribution is 2.25. The Morgan fingerprint density at radius 3 is 2.38 bits per heavy atom. The monoisotopic (exact) mass is 346 g/mol. The number of methoxy groups -OCH3 is 1. The zero-order valence-electron chi connectivity index (χ0n) is 13.4. The van der Waals surface area contributed by atoms with Crippen molar-refractivity contribution in [3.63, 3.8) is 0 Å². The van der Waals surface area contributed by atoms with Crippen LogP contribution in [0.3, 0.4) is 0 Å². The third-order valence-electron chi connectivity index (χ3n) is 3.82. The molecule has 0 unspecified atom stereocenters. The van der Waals surface area contributed by atoms with Gasteiger partial charge in [0.15, 0.2) is 0 Å². The molecule has 134 valence electrons. The molecule has 1 fully saturated rings. The standard InChI is InChI=1S/C16H21F3N2O3/c1-23-13-7-5-12(6-8-13)20-15(22)24-14(16(17,18)19)11-21-9-3-2-4-10-21/h5-8,14H,2-4,9-11H2,1H3,(H,20,22)/t14-/m1/s1. The molecule has 0 aromatic heterocycles. The van der Waals surface area contributed by atoms with E-state index in [1.54, 1.807) is 17.0 Å². The number of carbonyl (C=O) groups is 1. The number of ether oxygens (including phenoxy) is 2. The molecule has 1 aromatic rings. The summed E-state index contributed by atoms with van der Waals surface area (Å²) in [5, 5.41) is 2.30. The molecular formula is C16H21F3N2O3. The first-order valence-corrected chi connectivity index (χ1v) is 7.79. The number of likely N-dealkylation sites (tertiary alicyclic amines) is 1. The molecule has 5 nitrogen and oxygen atoms in total. The summed E-state index contributed by atoms with van der Waals surface area (Å²) < 4.78 is 49.0. The van der Waals surface area contributed by atoms with Crippen LogP contribution in [0.4, 0.5) is 23.7 Å². The van der Waals surface area contributed by atoms with E-state index >= 15 is 0 Å². The predicted octanol–water partition coefficient (Wildman–Crippen LogP) is 3.66. The highest BCUT2D eigenvalue weighted by Gasteiger charge is 2.44. The molecule has 1 heterocycles. The van der Waals surface area contributed by atoms with Crippen molar-refractivity contribution in [2.75, 3.05) is 32.1 Å². The lowest BCUT2D eigenvalue weighted by Crippen LogP contribution is -2.46. The number of anilines is 1. The Morgan fingerprint density at radius 2 is 1.83 bits per heavy atom. The van der Waals surface area contributed by atoms with Crippen LogP contribution < -0.4 is 10.1 Å². The fraction of sp³-hybridized carbons (Fsp3) is 0.562. The van der Waals surface area contributed by atoms with Gasteiger partial charge in [-0.05, 0) is 50.2 Å². The third kappa shape index (κ3) is 5.59. The van der Waals surface area contributed by atoms with Crippen molar-refractivity contribution >= 4 is 11.8 Å². The largest absolute Gasteiger partial charge is 0.497 e. The Kier molecular flexibility index (Phi) is 6.30. The summed E-state index contributed by atoms with van der Waals surface area (Å²) in [6.45, 7) is 0.853. The van der Waals surface area contributed by atoms with Gasteiger partial charge in [0.05, 0.1) is 7.11 Å². The van der Waals surface area contributed by atoms with Crippen LogP contribution >= 0.6 is 0 Å². The summed E-state index contributed by atoms with van der Waals surface area (Å²) in [4.78, 5) is 13.5. The summed E-state index contributed by atoms with van der Waals surface area (Å²) in [6, 6.07) is 6.22. The fourth-order valence-electron chi connectivity index (χ4n) is 2.53. The Labute approximate surface area is 138 Å². The maximum atomic E-state index is 13.1. The van der Waals surface area contributed by atoms with Gasteiger partial charge in [-0.25, -0.2) is 4.79 Å². The van der Waals surface area contributed by atoms with Gasteiger partial charge in [0.2, 0.25) is 6.10 Å². The summed E-state index contributed by atoms with van der Waals surface area (Å²) >= 11 is 0. The molecule has 0 spiro atoms. The van der Waals surface area contributed by atoms with Crippen molar-refractivity contribution < 1.29 is 27.4 Å². The van der Waals surface area contributed by atoms with Crippen LogP contribution in [0.25, 0.3) is 0 Å². The number of piperidine rings is 1. The minimum absolute atomic E-state index is 0.333. The minimum atomic E-state index is -4.60. The molecule has 1 aliphatic rings. The van der Waals surface area contributed by atoms with E-state index in [9.17, 15) is 18.0 Å². The average Bonchev–Trinajstić information content (AvgIpc) is 2.55. The summed E-state index contributed by atoms with van der Waals surface area (Å²) in [5.41, 5.74) is 0.333. The number of nitrogens with one attached hydrogen (secondary N) is 1. The maximum Gasteiger partial charge on any atom is 0.426 e. The van der Waals surface area contributed by atoms with Crippen molar-refractivity contribution in [3.8, 4) is 5.75 Å². The molecule has 0 bridgehead atoms. The van der Waals surface area contributed by atoms with Gasteiger partial charge in [-0.2, -0.15) is 13.2 Å². The number of carbonyl (C=O) groups excluding carboxylic acids is 1. The zero-order valence-corrected chi connectivity index (χ0v) is 13.4. The van der Waals surface area contributed by atoms with Crippen LogP contribution in [-0.4, -0.2) is 50.0 Å². The Hall–Kier alpha value is -1.96. The van der Waals surface area contributed by atoms with Crippen LogP contribution in [0, 0.1) is 0 Å². The van der Waals surface area contributed by atoms with Gasteiger partial charge >= 0.3 is 12.3 Å². The quantitative estimate of drug-likeness (QED) is 0.884. The molecule has 1 aliphatic heterocycles. The SMILES string of the molecule is COc1ccc(NC(=O)O[C@H](CN2CCCCC2)C(F)(F)F)cc1. The highest BCUT2D eigenvalue weighted by atomic mass is 19.4. The number of rotatable bonds is 5. The lowest BCUT2D eigenvalue weighted by molar-refractivity contribution is -0.207. The van der Waals surface area contributed by atoms with Crippen LogP contribution in [0.5, 0.6) is 5.75 Å². The number of amides is 1. The van der Waals surface area contributed by atoms with E-state index in [4.69, 9.17) is 4.74 Å². The number of halogens is 3. The summed E-state index contributed by atoms with van der Waals surface area (Å²) in [5.74, 6) is 0.576. The third-order valence-corrected chi connectivity index (χ3v) is 3.82. The normalized spacial score (nSPS) is 17.2. The Morgan fingerprint density at radius 1 is 1.21 bits per heavy atom. The smallest absolute Gasteiger partial charge is 0.426 e. The second-order valence-corrected chi connectivity index (χ2v) is 5.65. The number of hydrogen-bond acceptors (Lipinski definition) is 4. The predicted molar refractivity (Wildman–Crippen MR) is 83.2 cm³/mol. The van der Waals surface area contributed by atoms with Gasteiger partial charge in [-0.1, -0.05) is 6.42 Å². The van der Waals surface area contributed by atoms with E-state index in [1.165, 1.54) is 19.2 Å². The average molecular weight is 346 g/mol. The van der Waals surface area contributed by atoms with Gasteiger partial charge in [0.25, 0.3) is 0 Å². The fourth-order valence-corrected chi connectivity index (χ4v) is 2.53. The van der Waals surface area contributed by atoms with Gasteiger partial charge in [0, 0.05) is 12.2 Å². The number of benzene rings is 1. The highest BCUT2D eigenvalue weighted by molar-refractivity contribution is 5.84. The minimum Gasteiger partial charge on any atom is -0.497 e. The van der Waals surface area contributed by atoms with E-state index in [-0.39, 0.29) is 6.54 Å². The second kappa shape index (κ2) is 8.23. The lowest BCUT2D eigenvalue weighted by Gasteiger charge is -2.31. The molecule has 1 N–H and O–H groups in total. The number of alkyl halides is 3. The first kappa shape index (κ1) is 18.4. The molecule has 1 amide bonds. The lowest BCUT2D eigenvalue weighted by atomic mass is 10.1. The van der Waals surface area contributed by atoms with E-state index in [0.717, 1.165) is 19.3 Å². The molecule has 0 aliphatic carbocycles. The van der Waals surface area contributed by atoms with Crippen LogP contribution in [0.2, 0.25) is 0 Å². The Balaban J connectivity index is 1.93. The van der Waals surface area contributed by atoms with Crippen LogP contribution in [0.1, 0.15) is 19.3 Å². The van der Waals surface area contributed by atoms with Gasteiger partial charge in [-0.15, -0.1) is 0 Å². The van der Waals surface area contributed by atoms with Crippen molar-refractivity contribution in [2.45, 2.75) is 31.5 Å². The Bertz CT molecular complexity index is 528. The van der Waals surface area contributed by atoms with Crippen molar-refractivity contribution in [3.05, 3.63) is 24.3 Å².